The van der Waals surface area contributed by atoms with E-state index in [1.54, 1.807) is 6.07 Å². The number of aryl methyl sites for hydroxylation is 1. The number of carbonyl (C=O) groups is 1. The largest absolute Gasteiger partial charge is 0.573 e. The Morgan fingerprint density at radius 3 is 2.19 bits per heavy atom. The zero-order valence-electron chi connectivity index (χ0n) is 19.1. The van der Waals surface area contributed by atoms with Crippen molar-refractivity contribution in [1.82, 2.24) is 14.5 Å². The number of carbonyl (C=O) groups excluding carboxylic acids is 1. The predicted molar refractivity (Wildman–Crippen MR) is 117 cm³/mol. The van der Waals surface area contributed by atoms with E-state index in [9.17, 15) is 35.9 Å². The van der Waals surface area contributed by atoms with Crippen molar-refractivity contribution in [2.45, 2.75) is 38.5 Å². The molecular formula is C24H19F6N3O4. The molecule has 2 aromatic carbocycles. The molecule has 0 spiro atoms. The third-order valence-corrected chi connectivity index (χ3v) is 5.65. The Hall–Kier alpha value is -4.03. The van der Waals surface area contributed by atoms with Crippen LogP contribution < -0.4 is 15.0 Å². The summed E-state index contributed by atoms with van der Waals surface area (Å²) in [4.78, 5) is 31.2. The summed E-state index contributed by atoms with van der Waals surface area (Å²) in [5.74, 6) is -0.728. The summed E-state index contributed by atoms with van der Waals surface area (Å²) in [6.45, 7) is 1.05. The Balaban J connectivity index is 1.55. The van der Waals surface area contributed by atoms with Gasteiger partial charge in [-0.1, -0.05) is 30.3 Å². The molecule has 1 aliphatic heterocycles. The lowest BCUT2D eigenvalue weighted by atomic mass is 10.0. The van der Waals surface area contributed by atoms with Crippen LogP contribution in [0.5, 0.6) is 11.5 Å². The van der Waals surface area contributed by atoms with Crippen molar-refractivity contribution < 1.29 is 40.6 Å². The average molecular weight is 527 g/mol. The molecule has 2 heterocycles. The third kappa shape index (κ3) is 5.87. The summed E-state index contributed by atoms with van der Waals surface area (Å²) in [6, 6.07) is 8.95. The van der Waals surface area contributed by atoms with Gasteiger partial charge in [0.25, 0.3) is 5.56 Å². The fourth-order valence-electron chi connectivity index (χ4n) is 4.08. The number of aromatic nitrogens is 2. The molecule has 0 fully saturated rings. The van der Waals surface area contributed by atoms with E-state index >= 15 is 0 Å². The minimum Gasteiger partial charge on any atom is -0.410 e. The molecule has 0 N–H and O–H groups in total. The Kier molecular flexibility index (Phi) is 6.89. The van der Waals surface area contributed by atoms with Crippen LogP contribution in [0.2, 0.25) is 0 Å². The molecule has 1 amide bonds. The maximum Gasteiger partial charge on any atom is 0.573 e. The van der Waals surface area contributed by atoms with E-state index in [1.165, 1.54) is 36.1 Å². The number of rotatable bonds is 4. The van der Waals surface area contributed by atoms with Crippen molar-refractivity contribution in [3.63, 3.8) is 0 Å². The first-order chi connectivity index (χ1) is 17.3. The highest BCUT2D eigenvalue weighted by Crippen LogP contribution is 2.36. The van der Waals surface area contributed by atoms with Gasteiger partial charge in [-0.25, -0.2) is 9.78 Å². The summed E-state index contributed by atoms with van der Waals surface area (Å²) < 4.78 is 88.5. The lowest BCUT2D eigenvalue weighted by Gasteiger charge is -2.30. The van der Waals surface area contributed by atoms with Gasteiger partial charge < -0.3 is 14.4 Å². The highest BCUT2D eigenvalue weighted by Gasteiger charge is 2.44. The zero-order valence-corrected chi connectivity index (χ0v) is 19.1. The summed E-state index contributed by atoms with van der Waals surface area (Å²) in [5, 5.41) is 0. The van der Waals surface area contributed by atoms with Gasteiger partial charge in [0.2, 0.25) is 0 Å². The van der Waals surface area contributed by atoms with Crippen molar-refractivity contribution in [3.8, 4) is 11.5 Å². The summed E-state index contributed by atoms with van der Waals surface area (Å²) >= 11 is 0. The number of nitrogens with zero attached hydrogens (tertiary/aromatic N) is 3. The van der Waals surface area contributed by atoms with Crippen LogP contribution in [0.15, 0.2) is 59.4 Å². The van der Waals surface area contributed by atoms with E-state index < -0.39 is 36.0 Å². The molecule has 3 aromatic rings. The number of hydrogen-bond acceptors (Lipinski definition) is 5. The van der Waals surface area contributed by atoms with Crippen LogP contribution in [0.4, 0.5) is 31.1 Å². The number of amides is 1. The maximum absolute atomic E-state index is 14.0. The minimum absolute atomic E-state index is 0.0386. The quantitative estimate of drug-likeness (QED) is 0.439. The van der Waals surface area contributed by atoms with Gasteiger partial charge in [-0.3, -0.25) is 9.36 Å². The van der Waals surface area contributed by atoms with E-state index in [0.717, 1.165) is 24.3 Å². The van der Waals surface area contributed by atoms with E-state index in [-0.39, 0.29) is 47.9 Å². The van der Waals surface area contributed by atoms with E-state index in [0.29, 0.717) is 4.57 Å². The molecule has 13 heteroatoms. The highest BCUT2D eigenvalue weighted by atomic mass is 19.4. The van der Waals surface area contributed by atoms with Crippen molar-refractivity contribution in [2.24, 2.45) is 0 Å². The summed E-state index contributed by atoms with van der Waals surface area (Å²) in [6.07, 6.45) is -10.6. The Bertz CT molecular complexity index is 1340. The Morgan fingerprint density at radius 2 is 1.59 bits per heavy atom. The second-order valence-electron chi connectivity index (χ2n) is 8.17. The topological polar surface area (TPSA) is 73.7 Å². The number of fused-ring (bicyclic) bond motifs is 1. The first-order valence-electron chi connectivity index (χ1n) is 10.9. The van der Waals surface area contributed by atoms with Crippen LogP contribution in [0.25, 0.3) is 0 Å². The van der Waals surface area contributed by atoms with Gasteiger partial charge in [0.15, 0.2) is 6.04 Å². The fourth-order valence-corrected chi connectivity index (χ4v) is 4.08. The molecule has 1 atom stereocenters. The molecule has 0 radical (unpaired) electrons. The van der Waals surface area contributed by atoms with Crippen LogP contribution >= 0.6 is 0 Å². The molecule has 0 saturated heterocycles. The standard InChI is InChI=1S/C24H19F6N3O4/c1-14-31-19-13-32(22(35)36-16-7-9-17(10-8-16)37-24(28,29)30)12-11-18(19)21(34)33(14)20(23(25,26)27)15-5-3-2-4-6-15/h2-10,20H,11-13H2,1H3. The molecule has 0 bridgehead atoms. The van der Waals surface area contributed by atoms with E-state index in [1.807, 2.05) is 0 Å². The lowest BCUT2D eigenvalue weighted by Crippen LogP contribution is -2.44. The van der Waals surface area contributed by atoms with Gasteiger partial charge in [-0.05, 0) is 43.2 Å². The fraction of sp³-hybridized carbons (Fsp3) is 0.292. The number of hydrogen-bond donors (Lipinski definition) is 0. The zero-order chi connectivity index (χ0) is 27.0. The van der Waals surface area contributed by atoms with Crippen LogP contribution in [0.1, 0.15) is 28.7 Å². The predicted octanol–water partition coefficient (Wildman–Crippen LogP) is 5.16. The van der Waals surface area contributed by atoms with Gasteiger partial charge in [-0.15, -0.1) is 13.2 Å². The van der Waals surface area contributed by atoms with Crippen LogP contribution in [-0.4, -0.2) is 39.6 Å². The van der Waals surface area contributed by atoms with Crippen molar-refractivity contribution in [3.05, 3.63) is 87.6 Å². The van der Waals surface area contributed by atoms with Gasteiger partial charge in [0, 0.05) is 12.1 Å². The highest BCUT2D eigenvalue weighted by molar-refractivity contribution is 5.71. The number of alkyl halides is 6. The van der Waals surface area contributed by atoms with Gasteiger partial charge in [0.1, 0.15) is 17.3 Å². The molecule has 4 rings (SSSR count). The number of benzene rings is 2. The van der Waals surface area contributed by atoms with Crippen LogP contribution in [0, 0.1) is 6.92 Å². The maximum atomic E-state index is 14.0. The van der Waals surface area contributed by atoms with Gasteiger partial charge >= 0.3 is 18.6 Å². The molecule has 196 valence electrons. The Morgan fingerprint density at radius 1 is 0.973 bits per heavy atom. The van der Waals surface area contributed by atoms with Crippen molar-refractivity contribution in [1.29, 1.82) is 0 Å². The molecule has 37 heavy (non-hydrogen) atoms. The smallest absolute Gasteiger partial charge is 0.410 e. The second kappa shape index (κ2) is 9.79. The molecular weight excluding hydrogens is 508 g/mol. The van der Waals surface area contributed by atoms with Crippen LogP contribution in [0.3, 0.4) is 0 Å². The third-order valence-electron chi connectivity index (χ3n) is 5.65. The molecule has 0 saturated carbocycles. The lowest BCUT2D eigenvalue weighted by molar-refractivity contribution is -0.274. The summed E-state index contributed by atoms with van der Waals surface area (Å²) in [7, 11) is 0. The van der Waals surface area contributed by atoms with Crippen molar-refractivity contribution in [2.75, 3.05) is 6.54 Å². The van der Waals surface area contributed by atoms with E-state index in [4.69, 9.17) is 4.74 Å². The first-order valence-corrected chi connectivity index (χ1v) is 10.9. The second-order valence-corrected chi connectivity index (χ2v) is 8.17. The van der Waals surface area contributed by atoms with Crippen molar-refractivity contribution >= 4 is 6.09 Å². The number of halogens is 6. The molecule has 0 aliphatic carbocycles. The summed E-state index contributed by atoms with van der Waals surface area (Å²) in [5.41, 5.74) is -0.755. The molecule has 1 unspecified atom stereocenters. The number of ether oxygens (including phenoxy) is 2. The van der Waals surface area contributed by atoms with E-state index in [2.05, 4.69) is 9.72 Å². The Labute approximate surface area is 205 Å². The van der Waals surface area contributed by atoms with Gasteiger partial charge in [-0.2, -0.15) is 13.2 Å². The monoisotopic (exact) mass is 527 g/mol. The minimum atomic E-state index is -4.87. The molecule has 1 aliphatic rings. The normalized spacial score (nSPS) is 14.6. The SMILES string of the molecule is Cc1nc2c(c(=O)n1C(c1ccccc1)C(F)(F)F)CCN(C(=O)Oc1ccc(OC(F)(F)F)cc1)C2. The average Bonchev–Trinajstić information content (AvgIpc) is 2.81. The molecule has 1 aromatic heterocycles. The van der Waals surface area contributed by atoms with Gasteiger partial charge in [0.05, 0.1) is 12.2 Å². The first kappa shape index (κ1) is 26.0. The van der Waals surface area contributed by atoms with Crippen LogP contribution in [-0.2, 0) is 13.0 Å². The molecule has 7 nitrogen and oxygen atoms in total.